The number of methoxy groups -OCH3 is 1. The van der Waals surface area contributed by atoms with Gasteiger partial charge in [-0.3, -0.25) is 4.79 Å². The van der Waals surface area contributed by atoms with Crippen LogP contribution in [-0.2, 0) is 14.3 Å². The van der Waals surface area contributed by atoms with Crippen LogP contribution in [0, 0.1) is 11.6 Å². The second-order valence-corrected chi connectivity index (χ2v) is 4.89. The molecule has 130 valence electrons. The number of benzene rings is 2. The monoisotopic (exact) mass is 347 g/mol. The quantitative estimate of drug-likeness (QED) is 0.644. The summed E-state index contributed by atoms with van der Waals surface area (Å²) in [5.74, 6) is -2.52. The van der Waals surface area contributed by atoms with Crippen LogP contribution in [-0.4, -0.2) is 25.6 Å². The predicted molar refractivity (Wildman–Crippen MR) is 88.0 cm³/mol. The van der Waals surface area contributed by atoms with Gasteiger partial charge in [0, 0.05) is 12.1 Å². The standard InChI is InChI=1S/C18H15F2NO4/c1-24-14-4-2-3-12(9-14)5-8-18(23)25-11-17(22)21-16-7-6-13(19)10-15(16)20/h2-10H,11H2,1H3,(H,21,22). The number of hydrogen-bond acceptors (Lipinski definition) is 4. The molecule has 0 bridgehead atoms. The van der Waals surface area contributed by atoms with Crippen LogP contribution in [0.2, 0.25) is 0 Å². The smallest absolute Gasteiger partial charge is 0.331 e. The third-order valence-corrected chi connectivity index (χ3v) is 3.06. The molecule has 0 heterocycles. The summed E-state index contributed by atoms with van der Waals surface area (Å²) in [6.07, 6.45) is 2.66. The molecule has 0 saturated carbocycles. The molecule has 0 aliphatic heterocycles. The second kappa shape index (κ2) is 8.58. The molecule has 1 N–H and O–H groups in total. The largest absolute Gasteiger partial charge is 0.497 e. The van der Waals surface area contributed by atoms with E-state index in [4.69, 9.17) is 9.47 Å². The van der Waals surface area contributed by atoms with E-state index in [1.807, 2.05) is 0 Å². The Kier molecular flexibility index (Phi) is 6.22. The van der Waals surface area contributed by atoms with Crippen molar-refractivity contribution >= 4 is 23.6 Å². The Morgan fingerprint density at radius 1 is 1.16 bits per heavy atom. The van der Waals surface area contributed by atoms with Crippen LogP contribution >= 0.6 is 0 Å². The average molecular weight is 347 g/mol. The first-order chi connectivity index (χ1) is 12.0. The first kappa shape index (κ1) is 18.1. The van der Waals surface area contributed by atoms with Gasteiger partial charge in [0.15, 0.2) is 6.61 Å². The molecule has 1 amide bonds. The fraction of sp³-hybridized carbons (Fsp3) is 0.111. The number of carbonyl (C=O) groups is 2. The average Bonchev–Trinajstić information content (AvgIpc) is 2.60. The molecule has 0 aromatic heterocycles. The lowest BCUT2D eigenvalue weighted by Crippen LogP contribution is -2.20. The Hall–Kier alpha value is -3.22. The fourth-order valence-corrected chi connectivity index (χ4v) is 1.87. The molecule has 2 aromatic carbocycles. The van der Waals surface area contributed by atoms with Crippen molar-refractivity contribution < 1.29 is 27.8 Å². The minimum atomic E-state index is -0.919. The van der Waals surface area contributed by atoms with Crippen LogP contribution < -0.4 is 10.1 Å². The fourth-order valence-electron chi connectivity index (χ4n) is 1.87. The van der Waals surface area contributed by atoms with Gasteiger partial charge >= 0.3 is 5.97 Å². The molecule has 7 heteroatoms. The lowest BCUT2D eigenvalue weighted by Gasteiger charge is -2.06. The Balaban J connectivity index is 1.84. The lowest BCUT2D eigenvalue weighted by molar-refractivity contribution is -0.142. The number of rotatable bonds is 6. The zero-order chi connectivity index (χ0) is 18.2. The summed E-state index contributed by atoms with van der Waals surface area (Å²) in [6.45, 7) is -0.599. The summed E-state index contributed by atoms with van der Waals surface area (Å²) in [5.41, 5.74) is 0.517. The number of halogens is 2. The van der Waals surface area contributed by atoms with Crippen molar-refractivity contribution in [3.05, 3.63) is 65.7 Å². The molecule has 0 fully saturated rings. The van der Waals surface area contributed by atoms with Gasteiger partial charge in [0.2, 0.25) is 0 Å². The maximum Gasteiger partial charge on any atom is 0.331 e. The lowest BCUT2D eigenvalue weighted by atomic mass is 10.2. The highest BCUT2D eigenvalue weighted by Gasteiger charge is 2.09. The summed E-state index contributed by atoms with van der Waals surface area (Å²) >= 11 is 0. The first-order valence-electron chi connectivity index (χ1n) is 7.22. The molecule has 0 atom stereocenters. The summed E-state index contributed by atoms with van der Waals surface area (Å²) in [5, 5.41) is 2.18. The van der Waals surface area contributed by atoms with Crippen molar-refractivity contribution in [2.24, 2.45) is 0 Å². The van der Waals surface area contributed by atoms with Gasteiger partial charge in [-0.2, -0.15) is 0 Å². The topological polar surface area (TPSA) is 64.6 Å². The number of carbonyl (C=O) groups excluding carboxylic acids is 2. The van der Waals surface area contributed by atoms with Crippen molar-refractivity contribution in [2.75, 3.05) is 19.0 Å². The number of ether oxygens (including phenoxy) is 2. The molecule has 25 heavy (non-hydrogen) atoms. The van der Waals surface area contributed by atoms with Crippen molar-refractivity contribution in [1.82, 2.24) is 0 Å². The van der Waals surface area contributed by atoms with Gasteiger partial charge in [0.25, 0.3) is 5.91 Å². The van der Waals surface area contributed by atoms with Crippen molar-refractivity contribution in [3.63, 3.8) is 0 Å². The third kappa shape index (κ3) is 5.72. The van der Waals surface area contributed by atoms with E-state index in [1.54, 1.807) is 24.3 Å². The van der Waals surface area contributed by atoms with Crippen LogP contribution in [0.3, 0.4) is 0 Å². The molecule has 0 unspecified atom stereocenters. The van der Waals surface area contributed by atoms with Crippen molar-refractivity contribution in [1.29, 1.82) is 0 Å². The highest BCUT2D eigenvalue weighted by molar-refractivity contribution is 5.94. The van der Waals surface area contributed by atoms with Crippen molar-refractivity contribution in [2.45, 2.75) is 0 Å². The van der Waals surface area contributed by atoms with E-state index in [-0.39, 0.29) is 5.69 Å². The van der Waals surface area contributed by atoms with Crippen LogP contribution in [0.4, 0.5) is 14.5 Å². The highest BCUT2D eigenvalue weighted by Crippen LogP contribution is 2.15. The Morgan fingerprint density at radius 2 is 1.96 bits per heavy atom. The van der Waals surface area contributed by atoms with E-state index in [9.17, 15) is 18.4 Å². The minimum Gasteiger partial charge on any atom is -0.497 e. The SMILES string of the molecule is COc1cccc(C=CC(=O)OCC(=O)Nc2ccc(F)cc2F)c1. The van der Waals surface area contributed by atoms with E-state index >= 15 is 0 Å². The van der Waals surface area contributed by atoms with Gasteiger partial charge in [-0.05, 0) is 35.9 Å². The molecule has 5 nitrogen and oxygen atoms in total. The molecule has 0 spiro atoms. The van der Waals surface area contributed by atoms with Crippen LogP contribution in [0.15, 0.2) is 48.5 Å². The zero-order valence-corrected chi connectivity index (χ0v) is 13.3. The Bertz CT molecular complexity index is 805. The summed E-state index contributed by atoms with van der Waals surface area (Å²) in [6, 6.07) is 9.71. The second-order valence-electron chi connectivity index (χ2n) is 4.89. The van der Waals surface area contributed by atoms with Gasteiger partial charge in [0.1, 0.15) is 17.4 Å². The van der Waals surface area contributed by atoms with Crippen molar-refractivity contribution in [3.8, 4) is 5.75 Å². The van der Waals surface area contributed by atoms with E-state index < -0.39 is 30.1 Å². The van der Waals surface area contributed by atoms with Gasteiger partial charge in [-0.15, -0.1) is 0 Å². The molecule has 0 aliphatic carbocycles. The van der Waals surface area contributed by atoms with Gasteiger partial charge in [-0.25, -0.2) is 13.6 Å². The third-order valence-electron chi connectivity index (χ3n) is 3.06. The van der Waals surface area contributed by atoms with Crippen LogP contribution in [0.25, 0.3) is 6.08 Å². The number of anilines is 1. The number of nitrogens with one attached hydrogen (secondary N) is 1. The molecule has 0 aliphatic rings. The summed E-state index contributed by atoms with van der Waals surface area (Å²) in [7, 11) is 1.53. The van der Waals surface area contributed by atoms with Gasteiger partial charge < -0.3 is 14.8 Å². The minimum absolute atomic E-state index is 0.200. The highest BCUT2D eigenvalue weighted by atomic mass is 19.1. The van der Waals surface area contributed by atoms with E-state index in [0.717, 1.165) is 18.2 Å². The van der Waals surface area contributed by atoms with Gasteiger partial charge in [0.05, 0.1) is 12.8 Å². The Labute approximate surface area is 142 Å². The normalized spacial score (nSPS) is 10.5. The van der Waals surface area contributed by atoms with Crippen LogP contribution in [0.1, 0.15) is 5.56 Å². The number of amides is 1. The number of esters is 1. The maximum atomic E-state index is 13.4. The molecule has 2 rings (SSSR count). The molecule has 0 radical (unpaired) electrons. The first-order valence-corrected chi connectivity index (χ1v) is 7.22. The molecular formula is C18H15F2NO4. The summed E-state index contributed by atoms with van der Waals surface area (Å²) in [4.78, 5) is 23.2. The summed E-state index contributed by atoms with van der Waals surface area (Å²) < 4.78 is 36.0. The van der Waals surface area contributed by atoms with E-state index in [1.165, 1.54) is 13.2 Å². The maximum absolute atomic E-state index is 13.4. The zero-order valence-electron chi connectivity index (χ0n) is 13.3. The molecule has 2 aromatic rings. The predicted octanol–water partition coefficient (Wildman–Crippen LogP) is 3.17. The van der Waals surface area contributed by atoms with Crippen LogP contribution in [0.5, 0.6) is 5.75 Å². The Morgan fingerprint density at radius 3 is 2.68 bits per heavy atom. The number of hydrogen-bond donors (Lipinski definition) is 1. The van der Waals surface area contributed by atoms with E-state index in [2.05, 4.69) is 5.32 Å². The van der Waals surface area contributed by atoms with E-state index in [0.29, 0.717) is 17.4 Å². The molecule has 0 saturated heterocycles. The van der Waals surface area contributed by atoms with Gasteiger partial charge in [-0.1, -0.05) is 12.1 Å². The molecular weight excluding hydrogens is 332 g/mol.